The summed E-state index contributed by atoms with van der Waals surface area (Å²) in [5.41, 5.74) is -0.493. The van der Waals surface area contributed by atoms with E-state index in [0.717, 1.165) is 25.0 Å². The molecule has 3 rings (SSSR count). The second-order valence-corrected chi connectivity index (χ2v) is 7.10. The summed E-state index contributed by atoms with van der Waals surface area (Å²) < 4.78 is 38.6. The first-order chi connectivity index (χ1) is 11.7. The zero-order chi connectivity index (χ0) is 18.1. The van der Waals surface area contributed by atoms with Gasteiger partial charge in [-0.3, -0.25) is 0 Å². The summed E-state index contributed by atoms with van der Waals surface area (Å²) in [5.74, 6) is 0. The summed E-state index contributed by atoms with van der Waals surface area (Å²) in [4.78, 5) is 0. The number of halogens is 3. The highest BCUT2D eigenvalue weighted by Gasteiger charge is 2.44. The van der Waals surface area contributed by atoms with Gasteiger partial charge in [-0.25, -0.2) is 0 Å². The maximum absolute atomic E-state index is 12.9. The van der Waals surface area contributed by atoms with Crippen LogP contribution in [-0.2, 0) is 17.2 Å². The Balaban J connectivity index is 1.65. The molecule has 1 fully saturated rings. The fourth-order valence-electron chi connectivity index (χ4n) is 3.19. The van der Waals surface area contributed by atoms with Gasteiger partial charge in [0.05, 0.1) is 11.2 Å². The number of alkyl halides is 3. The first-order valence-electron chi connectivity index (χ1n) is 8.39. The Kier molecular flexibility index (Phi) is 4.64. The molecule has 0 bridgehead atoms. The van der Waals surface area contributed by atoms with Gasteiger partial charge >= 0.3 is 6.18 Å². The molecule has 0 saturated heterocycles. The van der Waals surface area contributed by atoms with Gasteiger partial charge in [0.15, 0.2) is 0 Å². The Labute approximate surface area is 145 Å². The maximum Gasteiger partial charge on any atom is 0.416 e. The van der Waals surface area contributed by atoms with Crippen LogP contribution in [-0.4, -0.2) is 18.2 Å². The number of aliphatic hydroxyl groups is 1. The Morgan fingerprint density at radius 2 is 1.64 bits per heavy atom. The van der Waals surface area contributed by atoms with Crippen LogP contribution in [0.3, 0.4) is 0 Å². The van der Waals surface area contributed by atoms with Crippen LogP contribution in [0.25, 0.3) is 0 Å². The summed E-state index contributed by atoms with van der Waals surface area (Å²) in [6.45, 7) is 2.44. The molecule has 2 N–H and O–H groups in total. The smallest absolute Gasteiger partial charge is 0.384 e. The zero-order valence-corrected chi connectivity index (χ0v) is 14.1. The van der Waals surface area contributed by atoms with Crippen molar-refractivity contribution in [2.75, 3.05) is 13.1 Å². The molecule has 0 amide bonds. The topological polar surface area (TPSA) is 32.3 Å². The average Bonchev–Trinajstić information content (AvgIpc) is 3.36. The Bertz CT molecular complexity index is 721. The van der Waals surface area contributed by atoms with Gasteiger partial charge in [-0.05, 0) is 43.0 Å². The molecule has 0 aliphatic heterocycles. The van der Waals surface area contributed by atoms with Gasteiger partial charge in [-0.1, -0.05) is 42.5 Å². The number of hydrogen-bond donors (Lipinski definition) is 2. The highest BCUT2D eigenvalue weighted by atomic mass is 19.4. The predicted octanol–water partition coefficient (Wildman–Crippen LogP) is 4.23. The van der Waals surface area contributed by atoms with Gasteiger partial charge in [-0.15, -0.1) is 0 Å². The molecule has 1 atom stereocenters. The summed E-state index contributed by atoms with van der Waals surface area (Å²) in [6, 6.07) is 15.1. The summed E-state index contributed by atoms with van der Waals surface area (Å²) in [7, 11) is 0. The number of rotatable bonds is 6. The normalized spacial score (nSPS) is 18.6. The maximum atomic E-state index is 12.9. The molecule has 2 nitrogen and oxygen atoms in total. The quantitative estimate of drug-likeness (QED) is 0.818. The van der Waals surface area contributed by atoms with Crippen LogP contribution in [0.1, 0.15) is 36.5 Å². The average molecular weight is 349 g/mol. The predicted molar refractivity (Wildman–Crippen MR) is 91.2 cm³/mol. The van der Waals surface area contributed by atoms with Gasteiger partial charge in [0, 0.05) is 18.5 Å². The number of nitrogens with one attached hydrogen (secondary N) is 1. The lowest BCUT2D eigenvalue weighted by Gasteiger charge is -2.27. The first kappa shape index (κ1) is 18.0. The molecular formula is C20H22F3NO. The van der Waals surface area contributed by atoms with Gasteiger partial charge in [0.2, 0.25) is 0 Å². The molecule has 0 radical (unpaired) electrons. The van der Waals surface area contributed by atoms with Crippen LogP contribution in [0.2, 0.25) is 0 Å². The third kappa shape index (κ3) is 4.05. The summed E-state index contributed by atoms with van der Waals surface area (Å²) in [6.07, 6.45) is -2.25. The monoisotopic (exact) mass is 349 g/mol. The van der Waals surface area contributed by atoms with E-state index in [1.165, 1.54) is 24.6 Å². The van der Waals surface area contributed by atoms with Gasteiger partial charge in [0.1, 0.15) is 0 Å². The van der Waals surface area contributed by atoms with Crippen molar-refractivity contribution in [2.24, 2.45) is 0 Å². The van der Waals surface area contributed by atoms with E-state index in [1.807, 2.05) is 18.2 Å². The van der Waals surface area contributed by atoms with Crippen LogP contribution < -0.4 is 5.32 Å². The van der Waals surface area contributed by atoms with Crippen LogP contribution in [0.15, 0.2) is 54.6 Å². The van der Waals surface area contributed by atoms with Crippen LogP contribution in [0.4, 0.5) is 13.2 Å². The van der Waals surface area contributed by atoms with E-state index < -0.39 is 17.3 Å². The standard InChI is InChI=1S/C20H22F3NO/c1-18(25,16-8-5-9-17(12-16)20(21,22)23)13-24-14-19(10-11-19)15-6-3-2-4-7-15/h2-9,12,24-25H,10-11,13-14H2,1H3. The fourth-order valence-corrected chi connectivity index (χ4v) is 3.19. The van der Waals surface area contributed by atoms with Crippen molar-refractivity contribution in [1.82, 2.24) is 5.32 Å². The molecule has 0 aromatic heterocycles. The van der Waals surface area contributed by atoms with E-state index in [0.29, 0.717) is 6.54 Å². The van der Waals surface area contributed by atoms with Crippen molar-refractivity contribution >= 4 is 0 Å². The van der Waals surface area contributed by atoms with E-state index in [9.17, 15) is 18.3 Å². The molecule has 1 aliphatic carbocycles. The third-order valence-electron chi connectivity index (χ3n) is 4.98. The minimum absolute atomic E-state index is 0.0885. The lowest BCUT2D eigenvalue weighted by molar-refractivity contribution is -0.137. The Morgan fingerprint density at radius 1 is 1.00 bits per heavy atom. The second-order valence-electron chi connectivity index (χ2n) is 7.10. The fraction of sp³-hybridized carbons (Fsp3) is 0.400. The van der Waals surface area contributed by atoms with E-state index in [1.54, 1.807) is 0 Å². The van der Waals surface area contributed by atoms with Crippen LogP contribution in [0.5, 0.6) is 0 Å². The highest BCUT2D eigenvalue weighted by molar-refractivity contribution is 5.32. The van der Waals surface area contributed by atoms with E-state index >= 15 is 0 Å². The molecule has 0 heterocycles. The molecule has 134 valence electrons. The summed E-state index contributed by atoms with van der Waals surface area (Å²) >= 11 is 0. The van der Waals surface area contributed by atoms with Crippen LogP contribution >= 0.6 is 0 Å². The number of benzene rings is 2. The molecule has 2 aromatic rings. The minimum atomic E-state index is -4.41. The van der Waals surface area contributed by atoms with Crippen molar-refractivity contribution in [2.45, 2.75) is 37.0 Å². The van der Waals surface area contributed by atoms with Crippen molar-refractivity contribution in [1.29, 1.82) is 0 Å². The lowest BCUT2D eigenvalue weighted by atomic mass is 9.92. The first-order valence-corrected chi connectivity index (χ1v) is 8.39. The Hall–Kier alpha value is -1.85. The van der Waals surface area contributed by atoms with Crippen LogP contribution in [0, 0.1) is 0 Å². The zero-order valence-electron chi connectivity index (χ0n) is 14.1. The minimum Gasteiger partial charge on any atom is -0.384 e. The van der Waals surface area contributed by atoms with Crippen molar-refractivity contribution in [3.8, 4) is 0 Å². The van der Waals surface area contributed by atoms with Crippen molar-refractivity contribution < 1.29 is 18.3 Å². The highest BCUT2D eigenvalue weighted by Crippen LogP contribution is 2.47. The molecule has 1 aliphatic rings. The summed E-state index contributed by atoms with van der Waals surface area (Å²) in [5, 5.41) is 13.9. The van der Waals surface area contributed by atoms with E-state index in [-0.39, 0.29) is 17.5 Å². The number of hydrogen-bond acceptors (Lipinski definition) is 2. The van der Waals surface area contributed by atoms with Crippen molar-refractivity contribution in [3.05, 3.63) is 71.3 Å². The molecule has 2 aromatic carbocycles. The molecular weight excluding hydrogens is 327 g/mol. The second kappa shape index (κ2) is 6.46. The molecule has 1 unspecified atom stereocenters. The van der Waals surface area contributed by atoms with Crippen molar-refractivity contribution in [3.63, 3.8) is 0 Å². The largest absolute Gasteiger partial charge is 0.416 e. The van der Waals surface area contributed by atoms with Gasteiger partial charge in [0.25, 0.3) is 0 Å². The van der Waals surface area contributed by atoms with E-state index in [2.05, 4.69) is 17.4 Å². The molecule has 1 saturated carbocycles. The molecule has 5 heteroatoms. The molecule has 25 heavy (non-hydrogen) atoms. The lowest BCUT2D eigenvalue weighted by Crippen LogP contribution is -2.39. The van der Waals surface area contributed by atoms with Gasteiger partial charge in [-0.2, -0.15) is 13.2 Å². The SMILES string of the molecule is CC(O)(CNCC1(c2ccccc2)CC1)c1cccc(C(F)(F)F)c1. The van der Waals surface area contributed by atoms with E-state index in [4.69, 9.17) is 0 Å². The Morgan fingerprint density at radius 3 is 2.24 bits per heavy atom. The third-order valence-corrected chi connectivity index (χ3v) is 4.98. The molecule has 0 spiro atoms. The van der Waals surface area contributed by atoms with Gasteiger partial charge < -0.3 is 10.4 Å².